The molecule has 0 nitrogen and oxygen atoms in total. The average molecular weight is 204 g/mol. The van der Waals surface area contributed by atoms with Gasteiger partial charge in [-0.3, -0.25) is 0 Å². The number of hydrogen-bond donors (Lipinski definition) is 0. The molecule has 0 spiro atoms. The van der Waals surface area contributed by atoms with Crippen molar-refractivity contribution in [2.24, 2.45) is 0 Å². The van der Waals surface area contributed by atoms with E-state index in [0.29, 0.717) is 0 Å². The summed E-state index contributed by atoms with van der Waals surface area (Å²) in [4.78, 5) is 0. The van der Waals surface area contributed by atoms with Gasteiger partial charge in [-0.05, 0) is 41.8 Å². The summed E-state index contributed by atoms with van der Waals surface area (Å²) in [5.74, 6) is -0.115. The largest absolute Gasteiger partial charge is 0.207 e. The molecule has 0 N–H and O–H groups in total. The Bertz CT molecular complexity index is 458. The Kier molecular flexibility index (Phi) is 3.84. The van der Waals surface area contributed by atoms with Crippen molar-refractivity contribution in [3.05, 3.63) is 47.3 Å². The number of halogens is 1. The Balaban J connectivity index is 0.000000531. The highest BCUT2D eigenvalue weighted by molar-refractivity contribution is 5.86. The van der Waals surface area contributed by atoms with Gasteiger partial charge in [-0.1, -0.05) is 38.1 Å². The van der Waals surface area contributed by atoms with Crippen molar-refractivity contribution < 1.29 is 4.39 Å². The van der Waals surface area contributed by atoms with Crippen LogP contribution in [0, 0.1) is 19.7 Å². The molecule has 0 saturated carbocycles. The van der Waals surface area contributed by atoms with E-state index in [1.807, 2.05) is 52.0 Å². The van der Waals surface area contributed by atoms with Crippen molar-refractivity contribution in [3.8, 4) is 0 Å². The third-order valence-corrected chi connectivity index (χ3v) is 2.57. The third kappa shape index (κ3) is 2.17. The molecule has 2 aromatic carbocycles. The zero-order valence-electron chi connectivity index (χ0n) is 9.76. The summed E-state index contributed by atoms with van der Waals surface area (Å²) < 4.78 is 13.3. The molecular weight excluding hydrogens is 187 g/mol. The highest BCUT2D eigenvalue weighted by atomic mass is 19.1. The molecular formula is C14H17F. The number of hydrogen-bond acceptors (Lipinski definition) is 0. The van der Waals surface area contributed by atoms with E-state index < -0.39 is 0 Å². The van der Waals surface area contributed by atoms with Crippen LogP contribution >= 0.6 is 0 Å². The van der Waals surface area contributed by atoms with E-state index in [-0.39, 0.29) is 5.82 Å². The van der Waals surface area contributed by atoms with Gasteiger partial charge in [0.25, 0.3) is 0 Å². The average Bonchev–Trinajstić information content (AvgIpc) is 2.29. The lowest BCUT2D eigenvalue weighted by atomic mass is 10.0. The molecule has 0 aromatic heterocycles. The maximum atomic E-state index is 13.3. The Morgan fingerprint density at radius 2 is 1.53 bits per heavy atom. The van der Waals surface area contributed by atoms with E-state index in [4.69, 9.17) is 0 Å². The molecule has 15 heavy (non-hydrogen) atoms. The van der Waals surface area contributed by atoms with Gasteiger partial charge in [0.2, 0.25) is 0 Å². The van der Waals surface area contributed by atoms with Crippen molar-refractivity contribution in [2.45, 2.75) is 27.7 Å². The molecule has 0 atom stereocenters. The van der Waals surface area contributed by atoms with E-state index in [1.165, 1.54) is 0 Å². The fourth-order valence-electron chi connectivity index (χ4n) is 1.59. The Hall–Kier alpha value is -1.37. The summed E-state index contributed by atoms with van der Waals surface area (Å²) in [5, 5.41) is 2.12. The van der Waals surface area contributed by atoms with Crippen molar-refractivity contribution in [3.63, 3.8) is 0 Å². The zero-order chi connectivity index (χ0) is 11.4. The van der Waals surface area contributed by atoms with Crippen molar-refractivity contribution in [1.29, 1.82) is 0 Å². The van der Waals surface area contributed by atoms with E-state index >= 15 is 0 Å². The lowest BCUT2D eigenvalue weighted by molar-refractivity contribution is 0.619. The fraction of sp³-hybridized carbons (Fsp3) is 0.286. The molecule has 0 unspecified atom stereocenters. The lowest BCUT2D eigenvalue weighted by Crippen LogP contribution is -1.88. The maximum absolute atomic E-state index is 13.3. The van der Waals surface area contributed by atoms with Crippen LogP contribution in [-0.2, 0) is 0 Å². The van der Waals surface area contributed by atoms with Crippen LogP contribution in [0.3, 0.4) is 0 Å². The normalized spacial score (nSPS) is 9.67. The van der Waals surface area contributed by atoms with E-state index in [9.17, 15) is 4.39 Å². The van der Waals surface area contributed by atoms with Crippen molar-refractivity contribution >= 4 is 10.8 Å². The second-order valence-corrected chi connectivity index (χ2v) is 3.33. The van der Waals surface area contributed by atoms with Crippen LogP contribution in [0.25, 0.3) is 10.8 Å². The molecule has 80 valence electrons. The smallest absolute Gasteiger partial charge is 0.127 e. The molecule has 2 aromatic rings. The summed E-state index contributed by atoms with van der Waals surface area (Å²) in [6.07, 6.45) is 0. The summed E-state index contributed by atoms with van der Waals surface area (Å²) in [6, 6.07) is 9.46. The molecule has 0 aliphatic rings. The minimum atomic E-state index is -0.115. The number of rotatable bonds is 0. The molecule has 1 heteroatoms. The first-order valence-electron chi connectivity index (χ1n) is 5.34. The van der Waals surface area contributed by atoms with Crippen LogP contribution < -0.4 is 0 Å². The first-order chi connectivity index (χ1) is 7.20. The van der Waals surface area contributed by atoms with E-state index in [1.54, 1.807) is 6.07 Å². The molecule has 0 fully saturated rings. The molecule has 0 radical (unpaired) electrons. The third-order valence-electron chi connectivity index (χ3n) is 2.57. The van der Waals surface area contributed by atoms with Crippen LogP contribution in [-0.4, -0.2) is 0 Å². The molecule has 0 heterocycles. The second kappa shape index (κ2) is 4.92. The first kappa shape index (κ1) is 11.7. The minimum absolute atomic E-state index is 0.115. The Morgan fingerprint density at radius 1 is 0.933 bits per heavy atom. The first-order valence-corrected chi connectivity index (χ1v) is 5.34. The van der Waals surface area contributed by atoms with Gasteiger partial charge in [-0.2, -0.15) is 0 Å². The highest BCUT2D eigenvalue weighted by Crippen LogP contribution is 2.23. The van der Waals surface area contributed by atoms with Gasteiger partial charge in [0.15, 0.2) is 0 Å². The predicted octanol–water partition coefficient (Wildman–Crippen LogP) is 4.62. The van der Waals surface area contributed by atoms with Crippen LogP contribution in [0.2, 0.25) is 0 Å². The molecule has 0 saturated heterocycles. The van der Waals surface area contributed by atoms with Crippen molar-refractivity contribution in [1.82, 2.24) is 0 Å². The minimum Gasteiger partial charge on any atom is -0.207 e. The van der Waals surface area contributed by atoms with Gasteiger partial charge in [0.05, 0.1) is 0 Å². The predicted molar refractivity (Wildman–Crippen MR) is 64.7 cm³/mol. The lowest BCUT2D eigenvalue weighted by Gasteiger charge is -2.06. The summed E-state index contributed by atoms with van der Waals surface area (Å²) in [5.41, 5.74) is 1.79. The zero-order valence-corrected chi connectivity index (χ0v) is 9.76. The molecule has 0 aliphatic heterocycles. The quantitative estimate of drug-likeness (QED) is 0.587. The number of benzene rings is 2. The number of fused-ring (bicyclic) bond motifs is 1. The summed E-state index contributed by atoms with van der Waals surface area (Å²) in [6.45, 7) is 7.78. The van der Waals surface area contributed by atoms with E-state index in [2.05, 4.69) is 0 Å². The fourth-order valence-corrected chi connectivity index (χ4v) is 1.59. The summed E-state index contributed by atoms with van der Waals surface area (Å²) >= 11 is 0. The maximum Gasteiger partial charge on any atom is 0.127 e. The molecule has 0 amide bonds. The van der Waals surface area contributed by atoms with Gasteiger partial charge in [0, 0.05) is 0 Å². The van der Waals surface area contributed by atoms with Gasteiger partial charge < -0.3 is 0 Å². The van der Waals surface area contributed by atoms with E-state index in [0.717, 1.165) is 21.9 Å². The van der Waals surface area contributed by atoms with Gasteiger partial charge >= 0.3 is 0 Å². The second-order valence-electron chi connectivity index (χ2n) is 3.33. The van der Waals surface area contributed by atoms with Crippen molar-refractivity contribution in [2.75, 3.05) is 0 Å². The highest BCUT2D eigenvalue weighted by Gasteiger charge is 2.04. The van der Waals surface area contributed by atoms with Gasteiger partial charge in [-0.25, -0.2) is 4.39 Å². The Morgan fingerprint density at radius 3 is 2.20 bits per heavy atom. The summed E-state index contributed by atoms with van der Waals surface area (Å²) in [7, 11) is 0. The van der Waals surface area contributed by atoms with Crippen LogP contribution in [0.5, 0.6) is 0 Å². The number of aryl methyl sites for hydroxylation is 1. The van der Waals surface area contributed by atoms with Gasteiger partial charge in [0.1, 0.15) is 5.82 Å². The SMILES string of the molecule is CC.Cc1c(F)cc2ccccc2c1C. The standard InChI is InChI=1S/C12H11F.C2H6/c1-8-9(2)12(13)7-10-5-3-4-6-11(8)10;1-2/h3-7H,1-2H3;1-2H3. The molecule has 0 aliphatic carbocycles. The van der Waals surface area contributed by atoms with Crippen LogP contribution in [0.15, 0.2) is 30.3 Å². The molecule has 0 bridgehead atoms. The van der Waals surface area contributed by atoms with Gasteiger partial charge in [-0.15, -0.1) is 0 Å². The monoisotopic (exact) mass is 204 g/mol. The van der Waals surface area contributed by atoms with Crippen LogP contribution in [0.4, 0.5) is 4.39 Å². The van der Waals surface area contributed by atoms with Crippen LogP contribution in [0.1, 0.15) is 25.0 Å². The Labute approximate surface area is 90.7 Å². The topological polar surface area (TPSA) is 0 Å². The molecule has 2 rings (SSSR count).